The number of aromatic nitrogens is 2. The third-order valence-electron chi connectivity index (χ3n) is 6.49. The van der Waals surface area contributed by atoms with Crippen molar-refractivity contribution in [2.75, 3.05) is 0 Å². The van der Waals surface area contributed by atoms with Crippen molar-refractivity contribution in [1.82, 2.24) is 9.97 Å². The smallest absolute Gasteiger partial charge is 0.228 e. The van der Waals surface area contributed by atoms with Crippen LogP contribution in [0, 0.1) is 40.6 Å². The average Bonchev–Trinajstić information content (AvgIpc) is 2.92. The van der Waals surface area contributed by atoms with Gasteiger partial charge in [-0.3, -0.25) is 0 Å². The molecule has 2 aromatic carbocycles. The van der Waals surface area contributed by atoms with Gasteiger partial charge in [0, 0.05) is 34.6 Å². The van der Waals surface area contributed by atoms with Crippen LogP contribution in [0.3, 0.4) is 0 Å². The van der Waals surface area contributed by atoms with E-state index in [-0.39, 0.29) is 29.0 Å². The fourth-order valence-electron chi connectivity index (χ4n) is 4.74. The second-order valence-electron chi connectivity index (χ2n) is 11.9. The highest BCUT2D eigenvalue weighted by Gasteiger charge is 2.25. The van der Waals surface area contributed by atoms with Crippen LogP contribution in [0.5, 0.6) is 0 Å². The van der Waals surface area contributed by atoms with Crippen molar-refractivity contribution in [2.45, 2.75) is 66.7 Å². The van der Waals surface area contributed by atoms with E-state index in [0.717, 1.165) is 17.7 Å². The lowest BCUT2D eigenvalue weighted by atomic mass is 9.80. The molecule has 4 aromatic rings. The first-order chi connectivity index (χ1) is 20.9. The Morgan fingerprint density at radius 3 is 1.51 bits per heavy atom. The van der Waals surface area contributed by atoms with Crippen LogP contribution in [0.2, 0.25) is 0 Å². The van der Waals surface area contributed by atoms with Gasteiger partial charge >= 0.3 is 6.15 Å². The average molecular weight is 696 g/mol. The second kappa shape index (κ2) is 16.0. The summed E-state index contributed by atoms with van der Waals surface area (Å²) >= 11 is 3.28. The van der Waals surface area contributed by atoms with Crippen molar-refractivity contribution in [2.24, 2.45) is 5.41 Å². The highest BCUT2D eigenvalue weighted by molar-refractivity contribution is 9.10. The standard InChI is InChI=1S/C19H22F3N.C14H11BrF3N.CO2/c1-11(2)17-14(10-19(3,4)5)13(9-15(20)18(17)22)12-6-7-23-16(21)8-12;1-7(2)12-13(15)9(6-10(16)14(12)18)8-3-4-19-11(17)5-8;2-1-3/h6-9,11H,10H2,1-5H3;3-7H,1-2H3;. The number of nitrogens with zero attached hydrogens (tertiary/aromatic N) is 2. The molecule has 0 atom stereocenters. The zero-order valence-electron chi connectivity index (χ0n) is 25.8. The van der Waals surface area contributed by atoms with Crippen LogP contribution in [0.4, 0.5) is 26.3 Å². The van der Waals surface area contributed by atoms with E-state index in [1.165, 1.54) is 24.5 Å². The third kappa shape index (κ3) is 9.83. The van der Waals surface area contributed by atoms with Gasteiger partial charge in [0.15, 0.2) is 23.3 Å². The van der Waals surface area contributed by atoms with E-state index in [4.69, 9.17) is 9.59 Å². The first-order valence-electron chi connectivity index (χ1n) is 13.8. The maximum absolute atomic E-state index is 14.4. The summed E-state index contributed by atoms with van der Waals surface area (Å²) in [5.74, 6) is -5.21. The minimum absolute atomic E-state index is 0.117. The van der Waals surface area contributed by atoms with Crippen molar-refractivity contribution in [3.8, 4) is 22.3 Å². The Kier molecular flexibility index (Phi) is 13.2. The molecule has 0 fully saturated rings. The van der Waals surface area contributed by atoms with Gasteiger partial charge in [-0.1, -0.05) is 48.5 Å². The van der Waals surface area contributed by atoms with Crippen LogP contribution in [0.1, 0.15) is 77.0 Å². The molecule has 0 bridgehead atoms. The number of hydrogen-bond acceptors (Lipinski definition) is 4. The normalized spacial score (nSPS) is 11.0. The summed E-state index contributed by atoms with van der Waals surface area (Å²) in [7, 11) is 0. The van der Waals surface area contributed by atoms with E-state index in [0.29, 0.717) is 38.7 Å². The van der Waals surface area contributed by atoms with Crippen molar-refractivity contribution in [3.05, 3.63) is 105 Å². The van der Waals surface area contributed by atoms with Gasteiger partial charge in [-0.15, -0.1) is 0 Å². The van der Waals surface area contributed by atoms with Crippen LogP contribution in [-0.4, -0.2) is 16.1 Å². The molecule has 0 amide bonds. The predicted octanol–water partition coefficient (Wildman–Crippen LogP) is 10.3. The zero-order valence-corrected chi connectivity index (χ0v) is 27.4. The fourth-order valence-corrected chi connectivity index (χ4v) is 5.72. The first kappa shape index (κ1) is 37.4. The van der Waals surface area contributed by atoms with Crippen LogP contribution in [-0.2, 0) is 16.0 Å². The van der Waals surface area contributed by atoms with E-state index >= 15 is 0 Å². The van der Waals surface area contributed by atoms with E-state index in [1.807, 2.05) is 34.6 Å². The van der Waals surface area contributed by atoms with Gasteiger partial charge in [0.25, 0.3) is 0 Å². The Balaban J connectivity index is 0.000000293. The molecule has 0 aliphatic rings. The number of hydrogen-bond donors (Lipinski definition) is 0. The molecule has 0 saturated heterocycles. The molecule has 0 aliphatic carbocycles. The minimum Gasteiger partial charge on any atom is -0.228 e. The molecule has 240 valence electrons. The molecule has 0 aliphatic heterocycles. The lowest BCUT2D eigenvalue weighted by Gasteiger charge is -2.25. The van der Waals surface area contributed by atoms with Gasteiger partial charge in [-0.2, -0.15) is 18.4 Å². The predicted molar refractivity (Wildman–Crippen MR) is 163 cm³/mol. The Morgan fingerprint density at radius 1 is 0.711 bits per heavy atom. The molecule has 0 radical (unpaired) electrons. The Hall–Kier alpha value is -3.82. The molecule has 2 aromatic heterocycles. The highest BCUT2D eigenvalue weighted by Crippen LogP contribution is 2.39. The summed E-state index contributed by atoms with van der Waals surface area (Å²) in [6.07, 6.45) is 3.44. The number of benzene rings is 2. The SMILES string of the molecule is CC(C)c1c(F)c(F)cc(-c2ccnc(F)c2)c1Br.CC(C)c1c(F)c(F)cc(-c2ccnc(F)c2)c1CC(C)(C)C.O=C=O. The number of rotatable bonds is 5. The summed E-state index contributed by atoms with van der Waals surface area (Å²) in [4.78, 5) is 23.2. The lowest BCUT2D eigenvalue weighted by molar-refractivity contribution is -0.191. The summed E-state index contributed by atoms with van der Waals surface area (Å²) in [5, 5.41) is 0. The molecular formula is C34H33BrF6N2O2. The van der Waals surface area contributed by atoms with Crippen molar-refractivity contribution < 1.29 is 35.9 Å². The lowest BCUT2D eigenvalue weighted by Crippen LogP contribution is -2.15. The highest BCUT2D eigenvalue weighted by atomic mass is 79.9. The molecule has 2 heterocycles. The van der Waals surface area contributed by atoms with Crippen molar-refractivity contribution in [3.63, 3.8) is 0 Å². The summed E-state index contributed by atoms with van der Waals surface area (Å²) < 4.78 is 83.0. The molecule has 11 heteroatoms. The number of halogens is 7. The summed E-state index contributed by atoms with van der Waals surface area (Å²) in [6.45, 7) is 13.3. The fraction of sp³-hybridized carbons (Fsp3) is 0.324. The molecule has 4 rings (SSSR count). The zero-order chi connectivity index (χ0) is 34.2. The van der Waals surface area contributed by atoms with Crippen LogP contribution < -0.4 is 0 Å². The summed E-state index contributed by atoms with van der Waals surface area (Å²) in [5.41, 5.74) is 3.12. The number of pyridine rings is 2. The van der Waals surface area contributed by atoms with E-state index in [2.05, 4.69) is 25.9 Å². The molecule has 0 spiro atoms. The molecule has 0 saturated carbocycles. The molecule has 45 heavy (non-hydrogen) atoms. The Bertz CT molecular complexity index is 1680. The topological polar surface area (TPSA) is 59.9 Å². The monoisotopic (exact) mass is 694 g/mol. The van der Waals surface area contributed by atoms with Crippen LogP contribution in [0.15, 0.2) is 53.3 Å². The van der Waals surface area contributed by atoms with Gasteiger partial charge < -0.3 is 0 Å². The maximum atomic E-state index is 14.4. The van der Waals surface area contributed by atoms with E-state index in [9.17, 15) is 26.3 Å². The minimum atomic E-state index is -0.945. The summed E-state index contributed by atoms with van der Waals surface area (Å²) in [6, 6.07) is 7.82. The van der Waals surface area contributed by atoms with Gasteiger partial charge in [0.05, 0.1) is 0 Å². The van der Waals surface area contributed by atoms with Crippen LogP contribution in [0.25, 0.3) is 22.3 Å². The number of carbonyl (C=O) groups excluding carboxylic acids is 2. The largest absolute Gasteiger partial charge is 0.373 e. The maximum Gasteiger partial charge on any atom is 0.373 e. The first-order valence-corrected chi connectivity index (χ1v) is 14.6. The molecule has 4 nitrogen and oxygen atoms in total. The van der Waals surface area contributed by atoms with Gasteiger partial charge in [0.1, 0.15) is 0 Å². The van der Waals surface area contributed by atoms with Crippen LogP contribution >= 0.6 is 15.9 Å². The third-order valence-corrected chi connectivity index (χ3v) is 7.35. The Labute approximate surface area is 267 Å². The molecule has 0 N–H and O–H groups in total. The second-order valence-corrected chi connectivity index (χ2v) is 12.7. The molecule has 0 unspecified atom stereocenters. The van der Waals surface area contributed by atoms with E-state index < -0.39 is 35.2 Å². The van der Waals surface area contributed by atoms with Gasteiger partial charge in [0.2, 0.25) is 11.9 Å². The Morgan fingerprint density at radius 2 is 1.11 bits per heavy atom. The quantitative estimate of drug-likeness (QED) is 0.119. The van der Waals surface area contributed by atoms with Crippen molar-refractivity contribution in [1.29, 1.82) is 0 Å². The van der Waals surface area contributed by atoms with Gasteiger partial charge in [-0.05, 0) is 97.2 Å². The molecular weight excluding hydrogens is 662 g/mol. The van der Waals surface area contributed by atoms with E-state index in [1.54, 1.807) is 26.0 Å². The van der Waals surface area contributed by atoms with Gasteiger partial charge in [-0.25, -0.2) is 27.5 Å². The van der Waals surface area contributed by atoms with Crippen molar-refractivity contribution >= 4 is 22.1 Å².